The Kier molecular flexibility index (Phi) is 6.88. The highest BCUT2D eigenvalue weighted by Gasteiger charge is 2.20. The van der Waals surface area contributed by atoms with Crippen LogP contribution in [0, 0.1) is 5.82 Å². The summed E-state index contributed by atoms with van der Waals surface area (Å²) in [5.41, 5.74) is 0.701. The van der Waals surface area contributed by atoms with Crippen LogP contribution in [0.2, 0.25) is 0 Å². The molecule has 148 valence electrons. The van der Waals surface area contributed by atoms with Crippen molar-refractivity contribution in [3.05, 3.63) is 48.3 Å². The molecule has 1 aromatic heterocycles. The van der Waals surface area contributed by atoms with E-state index in [1.807, 2.05) is 43.3 Å². The topological polar surface area (TPSA) is 45.7 Å². The van der Waals surface area contributed by atoms with Gasteiger partial charge in [0.1, 0.15) is 11.6 Å². The normalized spacial score (nSPS) is 11.2. The molecule has 28 heavy (non-hydrogen) atoms. The number of nitrogens with zero attached hydrogens (tertiary/aromatic N) is 3. The summed E-state index contributed by atoms with van der Waals surface area (Å²) in [6.45, 7) is 1.24. The monoisotopic (exact) mass is 419 g/mol. The molecule has 0 radical (unpaired) electrons. The van der Waals surface area contributed by atoms with Gasteiger partial charge in [0.2, 0.25) is 5.91 Å². The second kappa shape index (κ2) is 9.36. The zero-order valence-electron chi connectivity index (χ0n) is 16.0. The highest BCUT2D eigenvalue weighted by molar-refractivity contribution is 8.00. The molecule has 3 aromatic rings. The van der Waals surface area contributed by atoms with Crippen molar-refractivity contribution < 1.29 is 13.9 Å². The van der Waals surface area contributed by atoms with E-state index in [0.29, 0.717) is 29.5 Å². The molecule has 0 atom stereocenters. The number of rotatable bonds is 8. The molecule has 3 rings (SSSR count). The molecule has 8 heteroatoms. The summed E-state index contributed by atoms with van der Waals surface area (Å²) in [5, 5.41) is 0.600. The lowest BCUT2D eigenvalue weighted by Gasteiger charge is -2.21. The van der Waals surface area contributed by atoms with Crippen molar-refractivity contribution >= 4 is 44.4 Å². The number of methoxy groups -OCH3 is 1. The van der Waals surface area contributed by atoms with Crippen LogP contribution in [0.15, 0.2) is 47.4 Å². The van der Waals surface area contributed by atoms with Gasteiger partial charge in [-0.25, -0.2) is 9.37 Å². The number of benzene rings is 2. The van der Waals surface area contributed by atoms with Gasteiger partial charge in [0.15, 0.2) is 5.13 Å². The molecule has 2 aromatic carbocycles. The van der Waals surface area contributed by atoms with E-state index in [2.05, 4.69) is 4.98 Å². The first-order valence-corrected chi connectivity index (χ1v) is 10.5. The van der Waals surface area contributed by atoms with Gasteiger partial charge in [-0.05, 0) is 56.6 Å². The lowest BCUT2D eigenvalue weighted by Crippen LogP contribution is -2.37. The fraction of sp³-hybridized carbons (Fsp3) is 0.300. The molecule has 0 aliphatic carbocycles. The van der Waals surface area contributed by atoms with Gasteiger partial charge in [-0.3, -0.25) is 9.69 Å². The molecule has 5 nitrogen and oxygen atoms in total. The van der Waals surface area contributed by atoms with Crippen molar-refractivity contribution in [2.45, 2.75) is 4.90 Å². The fourth-order valence-electron chi connectivity index (χ4n) is 2.52. The van der Waals surface area contributed by atoms with Gasteiger partial charge in [-0.15, -0.1) is 11.8 Å². The average Bonchev–Trinajstić information content (AvgIpc) is 3.09. The molecule has 0 aliphatic heterocycles. The second-order valence-corrected chi connectivity index (χ2v) is 8.48. The van der Waals surface area contributed by atoms with Crippen LogP contribution in [-0.2, 0) is 4.79 Å². The van der Waals surface area contributed by atoms with Gasteiger partial charge in [-0.1, -0.05) is 11.3 Å². The van der Waals surface area contributed by atoms with Crippen LogP contribution in [0.5, 0.6) is 5.75 Å². The number of carbonyl (C=O) groups excluding carboxylic acids is 1. The molecule has 0 saturated carbocycles. The third-order valence-corrected chi connectivity index (χ3v) is 6.10. The number of halogens is 1. The van der Waals surface area contributed by atoms with E-state index in [9.17, 15) is 9.18 Å². The van der Waals surface area contributed by atoms with Gasteiger partial charge in [-0.2, -0.15) is 0 Å². The van der Waals surface area contributed by atoms with Gasteiger partial charge >= 0.3 is 0 Å². The van der Waals surface area contributed by atoms with E-state index in [4.69, 9.17) is 4.74 Å². The Balaban J connectivity index is 1.76. The third-order valence-electron chi connectivity index (χ3n) is 4.06. The minimum atomic E-state index is -0.302. The molecule has 1 amide bonds. The summed E-state index contributed by atoms with van der Waals surface area (Å²) in [5.74, 6) is 0.750. The van der Waals surface area contributed by atoms with Gasteiger partial charge < -0.3 is 9.64 Å². The number of likely N-dealkylation sites (N-methyl/N-ethyl adjacent to an activating group) is 1. The van der Waals surface area contributed by atoms with Crippen molar-refractivity contribution in [1.82, 2.24) is 9.88 Å². The van der Waals surface area contributed by atoms with E-state index in [0.717, 1.165) is 15.3 Å². The summed E-state index contributed by atoms with van der Waals surface area (Å²) in [6, 6.07) is 12.1. The SMILES string of the molecule is COc1ccc(SCC(=O)N(CCN(C)C)c2nc3ccc(F)cc3s2)cc1. The Morgan fingerprint density at radius 3 is 2.61 bits per heavy atom. The maximum absolute atomic E-state index is 13.5. The summed E-state index contributed by atoms with van der Waals surface area (Å²) in [6.07, 6.45) is 0. The summed E-state index contributed by atoms with van der Waals surface area (Å²) >= 11 is 2.81. The molecule has 1 heterocycles. The largest absolute Gasteiger partial charge is 0.497 e. The van der Waals surface area contributed by atoms with E-state index in [1.165, 1.54) is 35.2 Å². The average molecular weight is 420 g/mol. The lowest BCUT2D eigenvalue weighted by atomic mass is 10.3. The van der Waals surface area contributed by atoms with Gasteiger partial charge in [0, 0.05) is 18.0 Å². The van der Waals surface area contributed by atoms with E-state index in [1.54, 1.807) is 18.1 Å². The van der Waals surface area contributed by atoms with Crippen LogP contribution in [0.3, 0.4) is 0 Å². The fourth-order valence-corrected chi connectivity index (χ4v) is 4.33. The van der Waals surface area contributed by atoms with Crippen molar-refractivity contribution in [2.24, 2.45) is 0 Å². The standard InChI is InChI=1S/C20H22FN3O2S2/c1-23(2)10-11-24(20-22-17-9-4-14(21)12-18(17)28-20)19(25)13-27-16-7-5-15(26-3)6-8-16/h4-9,12H,10-11,13H2,1-3H3. The predicted octanol–water partition coefficient (Wildman–Crippen LogP) is 4.13. The van der Waals surface area contributed by atoms with Crippen molar-refractivity contribution in [3.8, 4) is 5.75 Å². The maximum atomic E-state index is 13.5. The number of thiazole rings is 1. The molecule has 0 unspecified atom stereocenters. The lowest BCUT2D eigenvalue weighted by molar-refractivity contribution is -0.116. The molecular formula is C20H22FN3O2S2. The summed E-state index contributed by atoms with van der Waals surface area (Å²) in [7, 11) is 5.54. The van der Waals surface area contributed by atoms with Crippen molar-refractivity contribution in [2.75, 3.05) is 44.9 Å². The number of anilines is 1. The van der Waals surface area contributed by atoms with Crippen molar-refractivity contribution in [1.29, 1.82) is 0 Å². The number of aromatic nitrogens is 1. The van der Waals surface area contributed by atoms with Crippen molar-refractivity contribution in [3.63, 3.8) is 0 Å². The molecule has 0 bridgehead atoms. The predicted molar refractivity (Wildman–Crippen MR) is 114 cm³/mol. The molecule has 0 saturated heterocycles. The first kappa shape index (κ1) is 20.6. The minimum absolute atomic E-state index is 0.0257. The van der Waals surface area contributed by atoms with E-state index in [-0.39, 0.29) is 11.7 Å². The molecule has 0 spiro atoms. The number of thioether (sulfide) groups is 1. The van der Waals surface area contributed by atoms with Crippen LogP contribution in [0.4, 0.5) is 9.52 Å². The Morgan fingerprint density at radius 2 is 1.93 bits per heavy atom. The van der Waals surface area contributed by atoms with Crippen LogP contribution < -0.4 is 9.64 Å². The van der Waals surface area contributed by atoms with Gasteiger partial charge in [0.25, 0.3) is 0 Å². The van der Waals surface area contributed by atoms with E-state index >= 15 is 0 Å². The Morgan fingerprint density at radius 1 is 1.18 bits per heavy atom. The summed E-state index contributed by atoms with van der Waals surface area (Å²) in [4.78, 5) is 22.2. The Bertz CT molecular complexity index is 944. The highest BCUT2D eigenvalue weighted by atomic mass is 32.2. The van der Waals surface area contributed by atoms with Crippen LogP contribution >= 0.6 is 23.1 Å². The molecular weight excluding hydrogens is 397 g/mol. The maximum Gasteiger partial charge on any atom is 0.239 e. The molecule has 0 N–H and O–H groups in total. The molecule has 0 aliphatic rings. The van der Waals surface area contributed by atoms with Crippen LogP contribution in [0.1, 0.15) is 0 Å². The number of carbonyl (C=O) groups is 1. The first-order chi connectivity index (χ1) is 13.5. The Hall–Kier alpha value is -2.16. The number of ether oxygens (including phenoxy) is 1. The molecule has 0 fully saturated rings. The number of amides is 1. The zero-order chi connectivity index (χ0) is 20.1. The van der Waals surface area contributed by atoms with Crippen LogP contribution in [-0.4, -0.2) is 55.8 Å². The quantitative estimate of drug-likeness (QED) is 0.514. The summed E-state index contributed by atoms with van der Waals surface area (Å²) < 4.78 is 19.4. The van der Waals surface area contributed by atoms with Crippen LogP contribution in [0.25, 0.3) is 10.2 Å². The third kappa shape index (κ3) is 5.21. The first-order valence-electron chi connectivity index (χ1n) is 8.74. The highest BCUT2D eigenvalue weighted by Crippen LogP contribution is 2.30. The Labute approximate surface area is 172 Å². The number of fused-ring (bicyclic) bond motifs is 1. The van der Waals surface area contributed by atoms with E-state index < -0.39 is 0 Å². The smallest absolute Gasteiger partial charge is 0.239 e. The second-order valence-electron chi connectivity index (χ2n) is 6.42. The van der Waals surface area contributed by atoms with Gasteiger partial charge in [0.05, 0.1) is 23.1 Å². The zero-order valence-corrected chi connectivity index (χ0v) is 17.6. The minimum Gasteiger partial charge on any atom is -0.497 e. The number of hydrogen-bond donors (Lipinski definition) is 0. The number of hydrogen-bond acceptors (Lipinski definition) is 6.